The first kappa shape index (κ1) is 27.9. The third-order valence-corrected chi connectivity index (χ3v) is 12.4. The van der Waals surface area contributed by atoms with Gasteiger partial charge in [-0.2, -0.15) is 0 Å². The third-order valence-electron chi connectivity index (χ3n) is 12.4. The van der Waals surface area contributed by atoms with Crippen molar-refractivity contribution in [2.24, 2.45) is 45.3 Å². The Labute approximate surface area is 220 Å². The van der Waals surface area contributed by atoms with Crippen LogP contribution in [0.25, 0.3) is 0 Å². The summed E-state index contributed by atoms with van der Waals surface area (Å²) in [5.74, 6) is 1.24. The number of carbonyl (C=O) groups is 2. The summed E-state index contributed by atoms with van der Waals surface area (Å²) in [5, 5.41) is 11.8. The maximum absolute atomic E-state index is 13.0. The van der Waals surface area contributed by atoms with Crippen LogP contribution in [-0.2, 0) is 14.3 Å². The first-order valence-corrected chi connectivity index (χ1v) is 14.6. The van der Waals surface area contributed by atoms with Gasteiger partial charge in [0.1, 0.15) is 11.9 Å². The highest BCUT2D eigenvalue weighted by molar-refractivity contribution is 5.85. The summed E-state index contributed by atoms with van der Waals surface area (Å²) in [6.45, 7) is 19.5. The number of hydrogen-bond donors (Lipinski definition) is 1. The maximum atomic E-state index is 13.0. The summed E-state index contributed by atoms with van der Waals surface area (Å²) in [5.41, 5.74) is 0.334. The molecule has 0 aromatic carbocycles. The van der Waals surface area contributed by atoms with E-state index in [0.717, 1.165) is 51.4 Å². The Morgan fingerprint density at radius 1 is 1.03 bits per heavy atom. The van der Waals surface area contributed by atoms with Gasteiger partial charge in [0.2, 0.25) is 0 Å². The molecule has 1 unspecified atom stereocenters. The molecule has 0 aromatic rings. The Hall–Kier alpha value is -1.16. The molecule has 4 aliphatic carbocycles. The fraction of sp³-hybridized carbons (Fsp3) is 0.875. The summed E-state index contributed by atoms with van der Waals surface area (Å²) < 4.78 is 6.20. The fourth-order valence-electron chi connectivity index (χ4n) is 10.4. The number of hydrogen-bond acceptors (Lipinski definition) is 4. The van der Waals surface area contributed by atoms with E-state index >= 15 is 0 Å². The first-order chi connectivity index (χ1) is 16.5. The molecule has 1 N–H and O–H groups in total. The standard InChI is InChI=1S/C32H52O4/c1-20(2)11-10-15-32(9,35)22-12-17-31(8)27(22)23(36-21(3)33)19-25-29(6)16-14-26(34)28(4,5)24(29)13-18-30(25,31)7/h11,22-25,27,35H,10,12-19H2,1-9H3/t22-,23+,24?,25+,27-,29-,30+,31-,32-/m0/s1. The average molecular weight is 501 g/mol. The zero-order valence-electron chi connectivity index (χ0n) is 24.5. The fourth-order valence-corrected chi connectivity index (χ4v) is 10.4. The number of carbonyl (C=O) groups excluding carboxylic acids is 2. The highest BCUT2D eigenvalue weighted by Crippen LogP contribution is 2.75. The van der Waals surface area contributed by atoms with Gasteiger partial charge in [0.25, 0.3) is 0 Å². The van der Waals surface area contributed by atoms with Gasteiger partial charge in [0, 0.05) is 24.7 Å². The van der Waals surface area contributed by atoms with Crippen LogP contribution in [0.3, 0.4) is 0 Å². The van der Waals surface area contributed by atoms with Gasteiger partial charge in [-0.15, -0.1) is 0 Å². The van der Waals surface area contributed by atoms with E-state index in [4.69, 9.17) is 4.74 Å². The lowest BCUT2D eigenvalue weighted by Gasteiger charge is -2.70. The summed E-state index contributed by atoms with van der Waals surface area (Å²) in [7, 11) is 0. The van der Waals surface area contributed by atoms with Crippen LogP contribution in [0.4, 0.5) is 0 Å². The molecule has 4 fully saturated rings. The Morgan fingerprint density at radius 2 is 1.67 bits per heavy atom. The monoisotopic (exact) mass is 500 g/mol. The number of esters is 1. The van der Waals surface area contributed by atoms with Crippen molar-refractivity contribution < 1.29 is 19.4 Å². The van der Waals surface area contributed by atoms with Gasteiger partial charge < -0.3 is 9.84 Å². The van der Waals surface area contributed by atoms with Crippen LogP contribution in [0.2, 0.25) is 0 Å². The third kappa shape index (κ3) is 4.03. The Morgan fingerprint density at radius 3 is 2.28 bits per heavy atom. The van der Waals surface area contributed by atoms with E-state index in [9.17, 15) is 14.7 Å². The number of rotatable bonds is 5. The zero-order chi connectivity index (χ0) is 26.9. The second kappa shape index (κ2) is 8.95. The predicted octanol–water partition coefficient (Wildman–Crippen LogP) is 7.28. The lowest BCUT2D eigenvalue weighted by molar-refractivity contribution is -0.237. The number of ketones is 1. The van der Waals surface area contributed by atoms with Crippen molar-refractivity contribution in [3.63, 3.8) is 0 Å². The van der Waals surface area contributed by atoms with Crippen molar-refractivity contribution in [2.45, 2.75) is 132 Å². The molecule has 0 spiro atoms. The van der Waals surface area contributed by atoms with E-state index in [1.54, 1.807) is 0 Å². The molecule has 4 rings (SSSR count). The lowest BCUT2D eigenvalue weighted by Crippen LogP contribution is -2.66. The Kier molecular flexibility index (Phi) is 6.93. The van der Waals surface area contributed by atoms with Crippen LogP contribution in [0.15, 0.2) is 11.6 Å². The zero-order valence-corrected chi connectivity index (χ0v) is 24.5. The van der Waals surface area contributed by atoms with E-state index in [0.29, 0.717) is 24.0 Å². The van der Waals surface area contributed by atoms with E-state index in [-0.39, 0.29) is 45.6 Å². The van der Waals surface area contributed by atoms with E-state index < -0.39 is 5.60 Å². The van der Waals surface area contributed by atoms with E-state index in [1.807, 2.05) is 6.92 Å². The summed E-state index contributed by atoms with van der Waals surface area (Å²) in [6, 6.07) is 0. The molecule has 204 valence electrons. The van der Waals surface area contributed by atoms with Gasteiger partial charge in [0.05, 0.1) is 5.60 Å². The molecule has 0 aromatic heterocycles. The number of fused-ring (bicyclic) bond motifs is 5. The molecule has 0 aliphatic heterocycles. The molecule has 0 radical (unpaired) electrons. The Balaban J connectivity index is 1.75. The molecule has 0 amide bonds. The van der Waals surface area contributed by atoms with Crippen LogP contribution in [0, 0.1) is 45.3 Å². The van der Waals surface area contributed by atoms with Gasteiger partial charge in [-0.05, 0) is 106 Å². The molecule has 4 saturated carbocycles. The molecule has 36 heavy (non-hydrogen) atoms. The molecule has 4 aliphatic rings. The lowest BCUT2D eigenvalue weighted by atomic mass is 9.35. The van der Waals surface area contributed by atoms with Crippen LogP contribution >= 0.6 is 0 Å². The van der Waals surface area contributed by atoms with Crippen molar-refractivity contribution in [2.75, 3.05) is 0 Å². The van der Waals surface area contributed by atoms with Crippen molar-refractivity contribution in [1.29, 1.82) is 0 Å². The minimum atomic E-state index is -0.795. The van der Waals surface area contributed by atoms with Gasteiger partial charge in [0.15, 0.2) is 0 Å². The second-order valence-electron chi connectivity index (χ2n) is 14.9. The molecular weight excluding hydrogens is 448 g/mol. The number of aliphatic hydroxyl groups is 1. The number of allylic oxidation sites excluding steroid dienone is 2. The summed E-state index contributed by atoms with van der Waals surface area (Å²) in [6.07, 6.45) is 10.4. The average Bonchev–Trinajstić information content (AvgIpc) is 3.12. The molecule has 4 nitrogen and oxygen atoms in total. The molecule has 0 heterocycles. The van der Waals surface area contributed by atoms with Crippen molar-refractivity contribution in [3.05, 3.63) is 11.6 Å². The minimum absolute atomic E-state index is 0.0131. The van der Waals surface area contributed by atoms with Crippen molar-refractivity contribution in [1.82, 2.24) is 0 Å². The molecule has 9 atom stereocenters. The molecule has 0 bridgehead atoms. The number of Topliss-reactive ketones (excluding diaryl/α,β-unsaturated/α-hetero) is 1. The molecule has 0 saturated heterocycles. The normalized spacial score (nSPS) is 45.1. The SMILES string of the molecule is CC(=O)O[C@@H]1C[C@@H]2[C@@]3(C)CCC(=O)C(C)(C)C3CC[C@@]2(C)[C@@]2(C)CC[C@H]([C@@](C)(O)CCC=C(C)C)[C@@H]12. The highest BCUT2D eigenvalue weighted by Gasteiger charge is 2.72. The largest absolute Gasteiger partial charge is 0.462 e. The highest BCUT2D eigenvalue weighted by atomic mass is 16.5. The summed E-state index contributed by atoms with van der Waals surface area (Å²) in [4.78, 5) is 25.4. The van der Waals surface area contributed by atoms with Crippen molar-refractivity contribution in [3.8, 4) is 0 Å². The van der Waals surface area contributed by atoms with Crippen molar-refractivity contribution >= 4 is 11.8 Å². The molecular formula is C32H52O4. The van der Waals surface area contributed by atoms with E-state index in [1.165, 1.54) is 12.5 Å². The number of ether oxygens (including phenoxy) is 1. The van der Waals surface area contributed by atoms with Gasteiger partial charge >= 0.3 is 5.97 Å². The topological polar surface area (TPSA) is 63.6 Å². The van der Waals surface area contributed by atoms with Gasteiger partial charge in [-0.1, -0.05) is 46.3 Å². The van der Waals surface area contributed by atoms with E-state index in [2.05, 4.69) is 54.5 Å². The minimum Gasteiger partial charge on any atom is -0.462 e. The van der Waals surface area contributed by atoms with Crippen LogP contribution in [-0.4, -0.2) is 28.6 Å². The van der Waals surface area contributed by atoms with Crippen LogP contribution < -0.4 is 0 Å². The predicted molar refractivity (Wildman–Crippen MR) is 144 cm³/mol. The molecule has 4 heteroatoms. The quantitative estimate of drug-likeness (QED) is 0.318. The second-order valence-corrected chi connectivity index (χ2v) is 14.9. The van der Waals surface area contributed by atoms with Gasteiger partial charge in [-0.3, -0.25) is 9.59 Å². The maximum Gasteiger partial charge on any atom is 0.302 e. The van der Waals surface area contributed by atoms with Crippen LogP contribution in [0.1, 0.15) is 120 Å². The van der Waals surface area contributed by atoms with Gasteiger partial charge in [-0.25, -0.2) is 0 Å². The first-order valence-electron chi connectivity index (χ1n) is 14.6. The van der Waals surface area contributed by atoms with Crippen LogP contribution in [0.5, 0.6) is 0 Å². The summed E-state index contributed by atoms with van der Waals surface area (Å²) >= 11 is 0. The Bertz CT molecular complexity index is 926. The smallest absolute Gasteiger partial charge is 0.302 e.